The quantitative estimate of drug-likeness (QED) is 0.604. The van der Waals surface area contributed by atoms with Crippen molar-refractivity contribution in [3.05, 3.63) is 54.1 Å². The smallest absolute Gasteiger partial charge is 0.408 e. The number of aliphatic carboxylic acids is 1. The monoisotopic (exact) mass is 469 g/mol. The second-order valence-corrected chi connectivity index (χ2v) is 8.04. The number of piperazine rings is 1. The molecule has 0 aromatic heterocycles. The van der Waals surface area contributed by atoms with Gasteiger partial charge >= 0.3 is 12.1 Å². The van der Waals surface area contributed by atoms with Gasteiger partial charge in [-0.3, -0.25) is 4.79 Å². The van der Waals surface area contributed by atoms with Crippen molar-refractivity contribution in [2.24, 2.45) is 0 Å². The van der Waals surface area contributed by atoms with E-state index in [-0.39, 0.29) is 32.1 Å². The lowest BCUT2D eigenvalue weighted by atomic mass is 10.1. The molecule has 0 bridgehead atoms. The summed E-state index contributed by atoms with van der Waals surface area (Å²) in [6, 6.07) is 13.6. The lowest BCUT2D eigenvalue weighted by Gasteiger charge is -2.36. The summed E-state index contributed by atoms with van der Waals surface area (Å²) in [5.41, 5.74) is 1.79. The topological polar surface area (TPSA) is 118 Å². The number of nitrogens with zero attached hydrogens (tertiary/aromatic N) is 2. The van der Waals surface area contributed by atoms with E-state index < -0.39 is 18.1 Å². The number of ether oxygens (including phenoxy) is 3. The van der Waals surface area contributed by atoms with Crippen molar-refractivity contribution in [3.63, 3.8) is 0 Å². The summed E-state index contributed by atoms with van der Waals surface area (Å²) in [5, 5.41) is 11.8. The maximum Gasteiger partial charge on any atom is 0.408 e. The number of hydrogen-bond acceptors (Lipinski definition) is 7. The number of hydrogen-bond donors (Lipinski definition) is 2. The van der Waals surface area contributed by atoms with Crippen LogP contribution in [0.2, 0.25) is 0 Å². The van der Waals surface area contributed by atoms with Crippen LogP contribution in [0.25, 0.3) is 0 Å². The van der Waals surface area contributed by atoms with Gasteiger partial charge in [-0.25, -0.2) is 9.59 Å². The Bertz CT molecular complexity index is 1020. The Labute approximate surface area is 197 Å². The van der Waals surface area contributed by atoms with Gasteiger partial charge in [-0.2, -0.15) is 0 Å². The van der Waals surface area contributed by atoms with Crippen LogP contribution in [-0.2, 0) is 20.9 Å². The van der Waals surface area contributed by atoms with Crippen molar-refractivity contribution in [1.29, 1.82) is 0 Å². The van der Waals surface area contributed by atoms with Crippen molar-refractivity contribution < 1.29 is 33.7 Å². The molecule has 2 amide bonds. The average molecular weight is 469 g/mol. The fraction of sp³-hybridized carbons (Fsp3) is 0.375. The molecule has 1 atom stereocenters. The number of nitrogens with one attached hydrogen (secondary N) is 1. The molecule has 1 fully saturated rings. The summed E-state index contributed by atoms with van der Waals surface area (Å²) in [4.78, 5) is 40.1. The Balaban J connectivity index is 1.21. The fourth-order valence-corrected chi connectivity index (χ4v) is 3.89. The molecule has 2 aliphatic heterocycles. The molecule has 0 saturated carbocycles. The summed E-state index contributed by atoms with van der Waals surface area (Å²) in [5.74, 6) is 0.0850. The third kappa shape index (κ3) is 5.89. The van der Waals surface area contributed by atoms with Gasteiger partial charge in [0.1, 0.15) is 12.6 Å². The largest absolute Gasteiger partial charge is 0.480 e. The number of alkyl carbamates (subject to hydrolysis) is 1. The van der Waals surface area contributed by atoms with Crippen LogP contribution < -0.4 is 19.7 Å². The Morgan fingerprint density at radius 3 is 2.47 bits per heavy atom. The number of carboxylic acids is 1. The first-order chi connectivity index (χ1) is 16.5. The Morgan fingerprint density at radius 1 is 1.00 bits per heavy atom. The van der Waals surface area contributed by atoms with Crippen molar-refractivity contribution in [1.82, 2.24) is 10.2 Å². The molecule has 0 aliphatic carbocycles. The Kier molecular flexibility index (Phi) is 7.36. The highest BCUT2D eigenvalue weighted by atomic mass is 16.7. The predicted molar refractivity (Wildman–Crippen MR) is 122 cm³/mol. The molecule has 2 aromatic rings. The van der Waals surface area contributed by atoms with Crippen LogP contribution in [-0.4, -0.2) is 67.0 Å². The number of carbonyl (C=O) groups excluding carboxylic acids is 2. The summed E-state index contributed by atoms with van der Waals surface area (Å²) < 4.78 is 15.9. The molecule has 0 radical (unpaired) electrons. The van der Waals surface area contributed by atoms with Gasteiger partial charge in [-0.05, 0) is 24.1 Å². The van der Waals surface area contributed by atoms with E-state index in [9.17, 15) is 19.5 Å². The summed E-state index contributed by atoms with van der Waals surface area (Å²) in [6.07, 6.45) is -0.835. The van der Waals surface area contributed by atoms with Crippen LogP contribution in [0, 0.1) is 0 Å². The second kappa shape index (κ2) is 10.8. The fourth-order valence-electron chi connectivity index (χ4n) is 3.89. The lowest BCUT2D eigenvalue weighted by Crippen LogP contribution is -2.49. The summed E-state index contributed by atoms with van der Waals surface area (Å²) in [6.45, 7) is 2.61. The van der Waals surface area contributed by atoms with Gasteiger partial charge in [0.15, 0.2) is 11.5 Å². The highest BCUT2D eigenvalue weighted by molar-refractivity contribution is 5.82. The number of fused-ring (bicyclic) bond motifs is 1. The van der Waals surface area contributed by atoms with Crippen molar-refractivity contribution in [2.75, 3.05) is 37.9 Å². The van der Waals surface area contributed by atoms with Crippen LogP contribution in [0.15, 0.2) is 48.5 Å². The van der Waals surface area contributed by atoms with E-state index in [1.807, 2.05) is 36.4 Å². The maximum absolute atomic E-state index is 12.7. The number of benzene rings is 2. The normalized spacial score (nSPS) is 15.5. The van der Waals surface area contributed by atoms with Crippen LogP contribution >= 0.6 is 0 Å². The van der Waals surface area contributed by atoms with E-state index in [1.54, 1.807) is 17.0 Å². The first kappa shape index (κ1) is 23.2. The standard InChI is InChI=1S/C24H27N3O7/c28-22(9-7-19(23(29)30)25-24(31)32-15-17-4-2-1-3-5-17)27-12-10-26(11-13-27)18-6-8-20-21(14-18)34-16-33-20/h1-6,8,14,19H,7,9-13,15-16H2,(H,25,31)(H,29,30)/t19-/m0/s1. The minimum atomic E-state index is -1.21. The molecule has 34 heavy (non-hydrogen) atoms. The minimum absolute atomic E-state index is 0.0138. The zero-order valence-corrected chi connectivity index (χ0v) is 18.6. The van der Waals surface area contributed by atoms with Crippen molar-refractivity contribution >= 4 is 23.7 Å². The molecular weight excluding hydrogens is 442 g/mol. The van der Waals surface area contributed by atoms with E-state index in [4.69, 9.17) is 14.2 Å². The third-order valence-electron chi connectivity index (χ3n) is 5.80. The van der Waals surface area contributed by atoms with Crippen LogP contribution in [0.4, 0.5) is 10.5 Å². The van der Waals surface area contributed by atoms with E-state index in [0.29, 0.717) is 31.9 Å². The predicted octanol–water partition coefficient (Wildman–Crippen LogP) is 2.22. The molecule has 10 nitrogen and oxygen atoms in total. The highest BCUT2D eigenvalue weighted by Gasteiger charge is 2.26. The Morgan fingerprint density at radius 2 is 1.74 bits per heavy atom. The first-order valence-corrected chi connectivity index (χ1v) is 11.1. The average Bonchev–Trinajstić information content (AvgIpc) is 3.33. The van der Waals surface area contributed by atoms with Gasteiger partial charge < -0.3 is 34.4 Å². The summed E-state index contributed by atoms with van der Waals surface area (Å²) in [7, 11) is 0. The second-order valence-electron chi connectivity index (χ2n) is 8.04. The van der Waals surface area contributed by atoms with Gasteiger partial charge in [0.2, 0.25) is 12.7 Å². The number of carboxylic acid groups (broad SMARTS) is 1. The maximum atomic E-state index is 12.7. The zero-order chi connectivity index (χ0) is 23.9. The molecule has 2 aromatic carbocycles. The lowest BCUT2D eigenvalue weighted by molar-refractivity contribution is -0.140. The van der Waals surface area contributed by atoms with Gasteiger partial charge in [0.05, 0.1) is 0 Å². The molecule has 10 heteroatoms. The SMILES string of the molecule is O=C(N[C@@H](CCC(=O)N1CCN(c2ccc3c(c2)OCO3)CC1)C(=O)O)OCc1ccccc1. The number of anilines is 1. The third-order valence-corrected chi connectivity index (χ3v) is 5.80. The van der Waals surface area contributed by atoms with Crippen LogP contribution in [0.5, 0.6) is 11.5 Å². The molecule has 2 N–H and O–H groups in total. The molecule has 2 heterocycles. The number of amides is 2. The summed E-state index contributed by atoms with van der Waals surface area (Å²) >= 11 is 0. The molecule has 0 spiro atoms. The van der Waals surface area contributed by atoms with E-state index in [1.165, 1.54) is 0 Å². The van der Waals surface area contributed by atoms with Crippen molar-refractivity contribution in [2.45, 2.75) is 25.5 Å². The highest BCUT2D eigenvalue weighted by Crippen LogP contribution is 2.35. The van der Waals surface area contributed by atoms with Gasteiger partial charge in [-0.1, -0.05) is 30.3 Å². The molecule has 1 saturated heterocycles. The van der Waals surface area contributed by atoms with Crippen LogP contribution in [0.3, 0.4) is 0 Å². The zero-order valence-electron chi connectivity index (χ0n) is 18.6. The minimum Gasteiger partial charge on any atom is -0.480 e. The Hall–Kier alpha value is -3.95. The number of rotatable bonds is 8. The van der Waals surface area contributed by atoms with Crippen LogP contribution in [0.1, 0.15) is 18.4 Å². The van der Waals surface area contributed by atoms with E-state index in [0.717, 1.165) is 17.0 Å². The van der Waals surface area contributed by atoms with Gasteiger partial charge in [0.25, 0.3) is 0 Å². The number of carbonyl (C=O) groups is 3. The van der Waals surface area contributed by atoms with E-state index in [2.05, 4.69) is 10.2 Å². The van der Waals surface area contributed by atoms with E-state index >= 15 is 0 Å². The molecule has 0 unspecified atom stereocenters. The molecule has 180 valence electrons. The first-order valence-electron chi connectivity index (χ1n) is 11.1. The van der Waals surface area contributed by atoms with Gasteiger partial charge in [-0.15, -0.1) is 0 Å². The molecular formula is C24H27N3O7. The van der Waals surface area contributed by atoms with Gasteiger partial charge in [0, 0.05) is 44.4 Å². The molecule has 4 rings (SSSR count). The molecule has 2 aliphatic rings. The van der Waals surface area contributed by atoms with Crippen molar-refractivity contribution in [3.8, 4) is 11.5 Å².